The van der Waals surface area contributed by atoms with E-state index in [2.05, 4.69) is 34.1 Å². The van der Waals surface area contributed by atoms with Crippen LogP contribution in [-0.4, -0.2) is 47.3 Å². The molecule has 5 atom stereocenters. The van der Waals surface area contributed by atoms with Crippen LogP contribution in [0.5, 0.6) is 0 Å². The van der Waals surface area contributed by atoms with Crippen LogP contribution in [0.3, 0.4) is 0 Å². The van der Waals surface area contributed by atoms with Crippen molar-refractivity contribution in [3.63, 3.8) is 0 Å². The zero-order chi connectivity index (χ0) is 17.8. The molecule has 3 aliphatic rings. The zero-order valence-corrected chi connectivity index (χ0v) is 15.1. The Morgan fingerprint density at radius 1 is 1.31 bits per heavy atom. The van der Waals surface area contributed by atoms with Gasteiger partial charge in [0, 0.05) is 29.7 Å². The lowest BCUT2D eigenvalue weighted by molar-refractivity contribution is -0.160. The Kier molecular flexibility index (Phi) is 3.83. The number of carbonyl (C=O) groups excluding carboxylic acids is 1. The number of fused-ring (bicyclic) bond motifs is 6. The van der Waals surface area contributed by atoms with E-state index in [0.717, 1.165) is 32.4 Å². The van der Waals surface area contributed by atoms with E-state index in [1.165, 1.54) is 29.3 Å². The quantitative estimate of drug-likeness (QED) is 0.773. The number of carbonyl (C=O) groups is 1. The fourth-order valence-electron chi connectivity index (χ4n) is 5.80. The summed E-state index contributed by atoms with van der Waals surface area (Å²) in [4.78, 5) is 18.6. The molecule has 1 aromatic carbocycles. The molecule has 5 rings (SSSR count). The van der Waals surface area contributed by atoms with Crippen LogP contribution in [0, 0.1) is 17.8 Å². The average molecular weight is 354 g/mol. The van der Waals surface area contributed by atoms with E-state index in [1.54, 1.807) is 0 Å². The van der Waals surface area contributed by atoms with Gasteiger partial charge in [0.05, 0.1) is 25.2 Å². The summed E-state index contributed by atoms with van der Waals surface area (Å²) >= 11 is 0. The number of aliphatic hydroxyl groups excluding tert-OH is 1. The number of para-hydroxylation sites is 1. The van der Waals surface area contributed by atoms with Gasteiger partial charge in [-0.2, -0.15) is 0 Å². The summed E-state index contributed by atoms with van der Waals surface area (Å²) in [6.07, 6.45) is 3.14. The summed E-state index contributed by atoms with van der Waals surface area (Å²) in [5.74, 6) is 0.0541. The normalized spacial score (nSPS) is 34.0. The van der Waals surface area contributed by atoms with E-state index < -0.39 is 6.10 Å². The maximum atomic E-state index is 12.4. The fourth-order valence-corrected chi connectivity index (χ4v) is 5.80. The molecule has 2 N–H and O–H groups in total. The Morgan fingerprint density at radius 2 is 2.15 bits per heavy atom. The number of esters is 1. The van der Waals surface area contributed by atoms with Crippen molar-refractivity contribution in [2.24, 2.45) is 17.8 Å². The number of aromatic amines is 1. The van der Waals surface area contributed by atoms with Crippen LogP contribution in [0.2, 0.25) is 0 Å². The number of methoxy groups -OCH3 is 1. The van der Waals surface area contributed by atoms with Crippen molar-refractivity contribution in [3.8, 4) is 0 Å². The van der Waals surface area contributed by atoms with Gasteiger partial charge in [-0.15, -0.1) is 0 Å². The summed E-state index contributed by atoms with van der Waals surface area (Å²) in [5.41, 5.74) is 3.96. The van der Waals surface area contributed by atoms with Crippen LogP contribution >= 0.6 is 0 Å². The summed E-state index contributed by atoms with van der Waals surface area (Å²) in [7, 11) is 1.43. The van der Waals surface area contributed by atoms with E-state index in [1.807, 2.05) is 0 Å². The molecular weight excluding hydrogens is 328 g/mol. The molecule has 138 valence electrons. The number of ether oxygens (including phenoxy) is 1. The number of nitrogens with zero attached hydrogens (tertiary/aromatic N) is 1. The van der Waals surface area contributed by atoms with Crippen LogP contribution in [0.25, 0.3) is 10.9 Å². The second kappa shape index (κ2) is 6.10. The number of nitrogens with one attached hydrogen (secondary N) is 1. The fraction of sp³-hybridized carbons (Fsp3) is 0.571. The summed E-state index contributed by atoms with van der Waals surface area (Å²) < 4.78 is 5.04. The summed E-state index contributed by atoms with van der Waals surface area (Å²) in [5, 5.41) is 11.8. The molecule has 1 aliphatic carbocycles. The van der Waals surface area contributed by atoms with Gasteiger partial charge in [0.25, 0.3) is 0 Å². The number of hydrogen-bond acceptors (Lipinski definition) is 4. The van der Waals surface area contributed by atoms with Crippen molar-refractivity contribution in [1.82, 2.24) is 9.88 Å². The molecular formula is C21H26N2O3. The number of rotatable bonds is 1. The third kappa shape index (κ3) is 2.33. The number of benzene rings is 1. The monoisotopic (exact) mass is 354 g/mol. The predicted octanol–water partition coefficient (Wildman–Crippen LogP) is 2.65. The Hall–Kier alpha value is -1.85. The molecule has 26 heavy (non-hydrogen) atoms. The lowest BCUT2D eigenvalue weighted by atomic mass is 9.65. The molecule has 3 heterocycles. The Morgan fingerprint density at radius 3 is 3.00 bits per heavy atom. The average Bonchev–Trinajstić information content (AvgIpc) is 3.05. The van der Waals surface area contributed by atoms with E-state index in [9.17, 15) is 9.90 Å². The minimum absolute atomic E-state index is 0.199. The molecule has 2 aliphatic heterocycles. The number of aromatic nitrogens is 1. The minimum Gasteiger partial charge on any atom is -0.469 e. The highest BCUT2D eigenvalue weighted by Crippen LogP contribution is 2.49. The highest BCUT2D eigenvalue weighted by molar-refractivity contribution is 5.85. The maximum Gasteiger partial charge on any atom is 0.311 e. The van der Waals surface area contributed by atoms with Crippen LogP contribution in [0.15, 0.2) is 24.3 Å². The van der Waals surface area contributed by atoms with Crippen LogP contribution < -0.4 is 0 Å². The van der Waals surface area contributed by atoms with Crippen molar-refractivity contribution in [3.05, 3.63) is 35.5 Å². The molecule has 2 aromatic rings. The summed E-state index contributed by atoms with van der Waals surface area (Å²) in [6, 6.07) is 8.83. The van der Waals surface area contributed by atoms with E-state index in [-0.39, 0.29) is 17.8 Å². The van der Waals surface area contributed by atoms with Crippen molar-refractivity contribution in [2.75, 3.05) is 20.2 Å². The first kappa shape index (κ1) is 16.3. The third-order valence-electron chi connectivity index (χ3n) is 7.02. The molecule has 1 saturated carbocycles. The number of piperidine rings is 1. The largest absolute Gasteiger partial charge is 0.469 e. The molecule has 1 aromatic heterocycles. The van der Waals surface area contributed by atoms with Crippen LogP contribution in [-0.2, 0) is 16.0 Å². The topological polar surface area (TPSA) is 65.6 Å². The van der Waals surface area contributed by atoms with Gasteiger partial charge in [-0.3, -0.25) is 9.69 Å². The van der Waals surface area contributed by atoms with Gasteiger partial charge in [-0.1, -0.05) is 18.2 Å². The van der Waals surface area contributed by atoms with Crippen molar-refractivity contribution < 1.29 is 14.6 Å². The Bertz CT molecular complexity index is 845. The summed E-state index contributed by atoms with van der Waals surface area (Å²) in [6.45, 7) is 2.10. The lowest BCUT2D eigenvalue weighted by Crippen LogP contribution is -2.53. The minimum atomic E-state index is -0.568. The second-order valence-corrected chi connectivity index (χ2v) is 8.18. The molecule has 0 bridgehead atoms. The smallest absolute Gasteiger partial charge is 0.311 e. The van der Waals surface area contributed by atoms with E-state index >= 15 is 0 Å². The maximum absolute atomic E-state index is 12.4. The molecule has 1 saturated heterocycles. The molecule has 0 spiro atoms. The van der Waals surface area contributed by atoms with Crippen molar-refractivity contribution in [2.45, 2.75) is 37.8 Å². The van der Waals surface area contributed by atoms with Crippen LogP contribution in [0.4, 0.5) is 0 Å². The second-order valence-electron chi connectivity index (χ2n) is 8.18. The number of hydrogen-bond donors (Lipinski definition) is 2. The van der Waals surface area contributed by atoms with Gasteiger partial charge in [0.2, 0.25) is 0 Å². The van der Waals surface area contributed by atoms with E-state index in [4.69, 9.17) is 4.74 Å². The first-order valence-electron chi connectivity index (χ1n) is 9.76. The third-order valence-corrected chi connectivity index (χ3v) is 7.02. The molecule has 5 nitrogen and oxygen atoms in total. The van der Waals surface area contributed by atoms with Crippen molar-refractivity contribution >= 4 is 16.9 Å². The van der Waals surface area contributed by atoms with Gasteiger partial charge in [0.1, 0.15) is 0 Å². The highest BCUT2D eigenvalue weighted by Gasteiger charge is 2.49. The SMILES string of the molecule is COC(=O)[C@H]1C(O)CC[C@H]2CN3CCc4c([nH]c5ccccc45)[C@H]3C[C@@H]21. The van der Waals surface area contributed by atoms with Gasteiger partial charge in [-0.25, -0.2) is 0 Å². The zero-order valence-electron chi connectivity index (χ0n) is 15.1. The highest BCUT2D eigenvalue weighted by atomic mass is 16.5. The Balaban J connectivity index is 1.52. The van der Waals surface area contributed by atoms with Gasteiger partial charge in [0.15, 0.2) is 0 Å². The molecule has 2 fully saturated rings. The number of aliphatic hydroxyl groups is 1. The van der Waals surface area contributed by atoms with Gasteiger partial charge in [-0.05, 0) is 49.1 Å². The first-order valence-corrected chi connectivity index (χ1v) is 9.76. The molecule has 0 amide bonds. The van der Waals surface area contributed by atoms with E-state index in [0.29, 0.717) is 18.4 Å². The standard InChI is InChI=1S/C21H26N2O3/c1-26-21(25)19-15-10-17-20-14(13-4-2-3-5-16(13)22-20)8-9-23(17)11-12(15)6-7-18(19)24/h2-5,12,15,17-19,22,24H,6-11H2,1H3/t12-,15-,17+,18?,19+/m0/s1. The predicted molar refractivity (Wildman–Crippen MR) is 98.7 cm³/mol. The lowest BCUT2D eigenvalue weighted by Gasteiger charge is -2.50. The molecule has 0 radical (unpaired) electrons. The van der Waals surface area contributed by atoms with Crippen molar-refractivity contribution in [1.29, 1.82) is 0 Å². The van der Waals surface area contributed by atoms with Crippen LogP contribution in [0.1, 0.15) is 36.6 Å². The first-order chi connectivity index (χ1) is 12.7. The Labute approximate surface area is 153 Å². The molecule has 5 heteroatoms. The van der Waals surface area contributed by atoms with Gasteiger partial charge < -0.3 is 14.8 Å². The molecule has 1 unspecified atom stereocenters. The van der Waals surface area contributed by atoms with Gasteiger partial charge >= 0.3 is 5.97 Å². The number of H-pyrrole nitrogens is 1.